The molecule has 5 aliphatic rings. The van der Waals surface area contributed by atoms with Gasteiger partial charge in [-0.05, 0) is 89.8 Å². The summed E-state index contributed by atoms with van der Waals surface area (Å²) in [7, 11) is 0. The van der Waals surface area contributed by atoms with Crippen molar-refractivity contribution < 1.29 is 0 Å². The predicted octanol–water partition coefficient (Wildman–Crippen LogP) is 5.24. The summed E-state index contributed by atoms with van der Waals surface area (Å²) in [5.41, 5.74) is 0. The summed E-state index contributed by atoms with van der Waals surface area (Å²) in [6.07, 6.45) is 3.15. The molecule has 13 unspecified atom stereocenters. The first-order valence-corrected chi connectivity index (χ1v) is 10.6. The van der Waals surface area contributed by atoms with Crippen molar-refractivity contribution >= 4 is 12.6 Å². The maximum absolute atomic E-state index is 4.74. The molecular formula is C21H34S. The minimum Gasteiger partial charge on any atom is -0.176 e. The van der Waals surface area contributed by atoms with E-state index in [1.807, 2.05) is 0 Å². The van der Waals surface area contributed by atoms with Crippen LogP contribution in [0.1, 0.15) is 47.5 Å². The van der Waals surface area contributed by atoms with Crippen molar-refractivity contribution in [1.82, 2.24) is 0 Å². The van der Waals surface area contributed by atoms with Gasteiger partial charge >= 0.3 is 0 Å². The average Bonchev–Trinajstić information content (AvgIpc) is 2.41. The van der Waals surface area contributed by atoms with E-state index >= 15 is 0 Å². The van der Waals surface area contributed by atoms with Crippen LogP contribution in [-0.2, 0) is 0 Å². The Balaban J connectivity index is 1.25. The summed E-state index contributed by atoms with van der Waals surface area (Å²) in [5.74, 6) is 14.2. The predicted molar refractivity (Wildman–Crippen MR) is 95.7 cm³/mol. The highest BCUT2D eigenvalue weighted by Gasteiger charge is 2.81. The molecule has 124 valence electrons. The van der Waals surface area contributed by atoms with Gasteiger partial charge in [0.05, 0.1) is 0 Å². The molecule has 0 aliphatic heterocycles. The molecule has 0 heterocycles. The summed E-state index contributed by atoms with van der Waals surface area (Å²) >= 11 is 4.74. The Hall–Kier alpha value is 0.350. The van der Waals surface area contributed by atoms with Gasteiger partial charge in [-0.2, -0.15) is 12.6 Å². The SMILES string of the molecule is CC(C)C(C)C1CC2C1C1C2C2C3C(C(C)C(C)S)CC3C12. The van der Waals surface area contributed by atoms with Gasteiger partial charge in [-0.15, -0.1) is 0 Å². The third kappa shape index (κ3) is 1.46. The van der Waals surface area contributed by atoms with Crippen LogP contribution in [0.4, 0.5) is 0 Å². The Morgan fingerprint density at radius 2 is 1.09 bits per heavy atom. The number of thiol groups is 1. The van der Waals surface area contributed by atoms with Gasteiger partial charge in [0.15, 0.2) is 0 Å². The van der Waals surface area contributed by atoms with E-state index in [1.54, 1.807) is 12.8 Å². The topological polar surface area (TPSA) is 0 Å². The first-order chi connectivity index (χ1) is 10.4. The normalized spacial score (nSPS) is 60.7. The van der Waals surface area contributed by atoms with E-state index in [-0.39, 0.29) is 0 Å². The Morgan fingerprint density at radius 1 is 0.636 bits per heavy atom. The lowest BCUT2D eigenvalue weighted by Gasteiger charge is -2.87. The molecule has 5 aliphatic carbocycles. The van der Waals surface area contributed by atoms with Crippen LogP contribution in [0.5, 0.6) is 0 Å². The zero-order valence-electron chi connectivity index (χ0n) is 14.9. The summed E-state index contributed by atoms with van der Waals surface area (Å²) in [4.78, 5) is 0. The second-order valence-corrected chi connectivity index (χ2v) is 11.1. The monoisotopic (exact) mass is 318 g/mol. The van der Waals surface area contributed by atoms with Gasteiger partial charge in [-0.3, -0.25) is 0 Å². The highest BCUT2D eigenvalue weighted by atomic mass is 32.1. The van der Waals surface area contributed by atoms with E-state index in [1.165, 1.54) is 35.5 Å². The maximum Gasteiger partial charge on any atom is 0.00168 e. The van der Waals surface area contributed by atoms with Crippen LogP contribution in [0.2, 0.25) is 0 Å². The molecule has 0 aromatic rings. The van der Waals surface area contributed by atoms with Crippen LogP contribution >= 0.6 is 12.6 Å². The van der Waals surface area contributed by atoms with Gasteiger partial charge in [0, 0.05) is 5.25 Å². The zero-order valence-corrected chi connectivity index (χ0v) is 15.8. The Morgan fingerprint density at radius 3 is 1.50 bits per heavy atom. The van der Waals surface area contributed by atoms with Crippen molar-refractivity contribution in [3.8, 4) is 0 Å². The summed E-state index contributed by atoms with van der Waals surface area (Å²) < 4.78 is 0. The summed E-state index contributed by atoms with van der Waals surface area (Å²) in [6.45, 7) is 12.2. The number of hydrogen-bond acceptors (Lipinski definition) is 1. The molecule has 0 spiro atoms. The van der Waals surface area contributed by atoms with Crippen molar-refractivity contribution in [2.75, 3.05) is 0 Å². The molecular weight excluding hydrogens is 284 g/mol. The van der Waals surface area contributed by atoms with Crippen molar-refractivity contribution in [3.63, 3.8) is 0 Å². The standard InChI is InChI=1S/C21H34S/c1-8(2)9(3)12-6-14-16(12)20-18(14)21-17-13(10(4)11(5)22)7-15(17)19(20)21/h8-22H,6-7H2,1-5H3. The van der Waals surface area contributed by atoms with E-state index in [0.717, 1.165) is 41.4 Å². The summed E-state index contributed by atoms with van der Waals surface area (Å²) in [6, 6.07) is 0. The highest BCUT2D eigenvalue weighted by Crippen LogP contribution is 2.86. The fourth-order valence-electron chi connectivity index (χ4n) is 8.21. The minimum absolute atomic E-state index is 0.593. The molecule has 0 aromatic heterocycles. The second-order valence-electron chi connectivity index (χ2n) is 10.3. The molecule has 5 rings (SSSR count). The first kappa shape index (κ1) is 14.7. The largest absolute Gasteiger partial charge is 0.176 e. The molecule has 0 bridgehead atoms. The van der Waals surface area contributed by atoms with Crippen LogP contribution in [0.25, 0.3) is 0 Å². The smallest absolute Gasteiger partial charge is 0.00168 e. The van der Waals surface area contributed by atoms with Gasteiger partial charge in [0.2, 0.25) is 0 Å². The lowest BCUT2D eigenvalue weighted by atomic mass is 9.18. The van der Waals surface area contributed by atoms with Gasteiger partial charge in [0.1, 0.15) is 0 Å². The van der Waals surface area contributed by atoms with Gasteiger partial charge in [-0.1, -0.05) is 34.6 Å². The number of rotatable bonds is 4. The van der Waals surface area contributed by atoms with Crippen molar-refractivity contribution in [1.29, 1.82) is 0 Å². The third-order valence-electron chi connectivity index (χ3n) is 9.88. The molecule has 1 heteroatoms. The van der Waals surface area contributed by atoms with Crippen LogP contribution in [0, 0.1) is 76.9 Å². The Bertz CT molecular complexity index is 430. The lowest BCUT2D eigenvalue weighted by molar-refractivity contribution is -0.395. The van der Waals surface area contributed by atoms with E-state index in [9.17, 15) is 0 Å². The third-order valence-corrected chi connectivity index (χ3v) is 10.4. The van der Waals surface area contributed by atoms with Crippen molar-refractivity contribution in [2.24, 2.45) is 76.9 Å². The average molecular weight is 319 g/mol. The van der Waals surface area contributed by atoms with Crippen LogP contribution in [0.3, 0.4) is 0 Å². The van der Waals surface area contributed by atoms with Crippen molar-refractivity contribution in [2.45, 2.75) is 52.7 Å². The van der Waals surface area contributed by atoms with Crippen LogP contribution in [0.15, 0.2) is 0 Å². The zero-order chi connectivity index (χ0) is 15.5. The number of fused-ring (bicyclic) bond motifs is 10. The van der Waals surface area contributed by atoms with E-state index in [4.69, 9.17) is 12.6 Å². The molecule has 5 saturated carbocycles. The highest BCUT2D eigenvalue weighted by molar-refractivity contribution is 7.80. The van der Waals surface area contributed by atoms with Crippen LogP contribution in [-0.4, -0.2) is 5.25 Å². The van der Waals surface area contributed by atoms with Crippen molar-refractivity contribution in [3.05, 3.63) is 0 Å². The second kappa shape index (κ2) is 4.50. The molecule has 0 nitrogen and oxygen atoms in total. The van der Waals surface area contributed by atoms with Gasteiger partial charge < -0.3 is 0 Å². The first-order valence-electron chi connectivity index (χ1n) is 10.1. The molecule has 0 saturated heterocycles. The van der Waals surface area contributed by atoms with Gasteiger partial charge in [0.25, 0.3) is 0 Å². The molecule has 0 amide bonds. The molecule has 5 fully saturated rings. The molecule has 0 N–H and O–H groups in total. The quantitative estimate of drug-likeness (QED) is 0.531. The molecule has 13 atom stereocenters. The molecule has 0 radical (unpaired) electrons. The van der Waals surface area contributed by atoms with Crippen LogP contribution < -0.4 is 0 Å². The van der Waals surface area contributed by atoms with E-state index < -0.39 is 0 Å². The molecule has 22 heavy (non-hydrogen) atoms. The maximum atomic E-state index is 4.74. The lowest BCUT2D eigenvalue weighted by Crippen LogP contribution is -2.83. The van der Waals surface area contributed by atoms with E-state index in [2.05, 4.69) is 34.6 Å². The molecule has 0 aromatic carbocycles. The summed E-state index contributed by atoms with van der Waals surface area (Å²) in [5, 5.41) is 0.593. The fraction of sp³-hybridized carbons (Fsp3) is 1.00. The fourth-order valence-corrected chi connectivity index (χ4v) is 8.43. The van der Waals surface area contributed by atoms with E-state index in [0.29, 0.717) is 5.25 Å². The minimum atomic E-state index is 0.593. The number of hydrogen-bond donors (Lipinski definition) is 1. The van der Waals surface area contributed by atoms with Gasteiger partial charge in [-0.25, -0.2) is 0 Å². The Labute approximate surface area is 142 Å². The Kier molecular flexibility index (Phi) is 3.00.